The van der Waals surface area contributed by atoms with Crippen molar-refractivity contribution in [1.82, 2.24) is 0 Å². The molecule has 0 aliphatic rings. The number of rotatable bonds is 6. The highest BCUT2D eigenvalue weighted by Gasteiger charge is 2.20. The molecular weight excluding hydrogens is 392 g/mol. The van der Waals surface area contributed by atoms with Crippen LogP contribution in [0, 0.1) is 0 Å². The molecule has 8 nitrogen and oxygen atoms in total. The van der Waals surface area contributed by atoms with Crippen LogP contribution in [-0.4, -0.2) is 36.9 Å². The third-order valence-corrected chi connectivity index (χ3v) is 5.35. The molecule has 0 heterocycles. The second kappa shape index (κ2) is 8.42. The quantitative estimate of drug-likeness (QED) is 0.689. The van der Waals surface area contributed by atoms with Gasteiger partial charge in [-0.05, 0) is 49.4 Å². The number of nitrogens with two attached hydrogens (primary N) is 1. The molecule has 1 amide bonds. The highest BCUT2D eigenvalue weighted by Crippen LogP contribution is 2.15. The number of primary sulfonamides is 1. The molecule has 0 fully saturated rings. The van der Waals surface area contributed by atoms with Crippen molar-refractivity contribution in [2.45, 2.75) is 22.8 Å². The predicted molar refractivity (Wildman–Crippen MR) is 100 cm³/mol. The number of anilines is 1. The third-order valence-electron chi connectivity index (χ3n) is 3.51. The Kier molecular flexibility index (Phi) is 6.47. The zero-order chi connectivity index (χ0) is 20.2. The first-order valence-corrected chi connectivity index (χ1v) is 10.8. The molecule has 0 bridgehead atoms. The maximum Gasteiger partial charge on any atom is 0.338 e. The van der Waals surface area contributed by atoms with Crippen molar-refractivity contribution in [3.63, 3.8) is 0 Å². The molecular formula is C17H18N2O6S2. The van der Waals surface area contributed by atoms with Gasteiger partial charge in [-0.1, -0.05) is 6.07 Å². The van der Waals surface area contributed by atoms with E-state index in [0.717, 1.165) is 0 Å². The van der Waals surface area contributed by atoms with Crippen LogP contribution in [0.25, 0.3) is 0 Å². The van der Waals surface area contributed by atoms with Crippen LogP contribution in [0.5, 0.6) is 0 Å². The fourth-order valence-corrected chi connectivity index (χ4v) is 3.14. The Balaban J connectivity index is 2.03. The van der Waals surface area contributed by atoms with Crippen LogP contribution in [0.15, 0.2) is 58.3 Å². The number of ether oxygens (including phenoxy) is 1. The summed E-state index contributed by atoms with van der Waals surface area (Å²) < 4.78 is 39.1. The van der Waals surface area contributed by atoms with E-state index >= 15 is 0 Å². The Labute approximate surface area is 159 Å². The number of amides is 1. The second-order valence-corrected chi connectivity index (χ2v) is 8.53. The van der Waals surface area contributed by atoms with E-state index in [1.807, 2.05) is 0 Å². The van der Waals surface area contributed by atoms with E-state index in [-0.39, 0.29) is 16.1 Å². The van der Waals surface area contributed by atoms with Crippen molar-refractivity contribution < 1.29 is 27.0 Å². The molecule has 27 heavy (non-hydrogen) atoms. The van der Waals surface area contributed by atoms with E-state index in [1.165, 1.54) is 61.7 Å². The average molecular weight is 410 g/mol. The molecule has 0 saturated carbocycles. The van der Waals surface area contributed by atoms with Gasteiger partial charge in [0.1, 0.15) is 0 Å². The number of hydrogen-bond acceptors (Lipinski definition) is 6. The van der Waals surface area contributed by atoms with Crippen LogP contribution in [0.3, 0.4) is 0 Å². The molecule has 2 unspecified atom stereocenters. The summed E-state index contributed by atoms with van der Waals surface area (Å²) in [5.74, 6) is -1.36. The number of nitrogens with one attached hydrogen (secondary N) is 1. The molecule has 2 aromatic rings. The summed E-state index contributed by atoms with van der Waals surface area (Å²) in [5.41, 5.74) is 0.407. The van der Waals surface area contributed by atoms with E-state index in [9.17, 15) is 22.2 Å². The van der Waals surface area contributed by atoms with Gasteiger partial charge in [0.05, 0.1) is 10.5 Å². The van der Waals surface area contributed by atoms with Crippen molar-refractivity contribution in [1.29, 1.82) is 0 Å². The van der Waals surface area contributed by atoms with Crippen molar-refractivity contribution in [3.8, 4) is 0 Å². The second-order valence-electron chi connectivity index (χ2n) is 5.59. The summed E-state index contributed by atoms with van der Waals surface area (Å²) in [5, 5.41) is 7.51. The fourth-order valence-electron chi connectivity index (χ4n) is 2.06. The van der Waals surface area contributed by atoms with E-state index in [1.54, 1.807) is 0 Å². The molecule has 10 heteroatoms. The molecule has 3 N–H and O–H groups in total. The maximum atomic E-state index is 12.2. The molecule has 0 spiro atoms. The van der Waals surface area contributed by atoms with Crippen LogP contribution in [0.4, 0.5) is 5.69 Å². The maximum absolute atomic E-state index is 12.2. The van der Waals surface area contributed by atoms with Gasteiger partial charge in [-0.2, -0.15) is 0 Å². The zero-order valence-corrected chi connectivity index (χ0v) is 16.2. The summed E-state index contributed by atoms with van der Waals surface area (Å²) in [4.78, 5) is 24.7. The van der Waals surface area contributed by atoms with Gasteiger partial charge in [-0.3, -0.25) is 9.00 Å². The molecule has 2 atom stereocenters. The van der Waals surface area contributed by atoms with Crippen LogP contribution in [0.1, 0.15) is 17.3 Å². The molecule has 2 aromatic carbocycles. The molecule has 0 saturated heterocycles. The first-order chi connectivity index (χ1) is 12.6. The van der Waals surface area contributed by atoms with Gasteiger partial charge in [-0.15, -0.1) is 0 Å². The predicted octanol–water partition coefficient (Wildman–Crippen LogP) is 1.26. The van der Waals surface area contributed by atoms with Gasteiger partial charge in [0.2, 0.25) is 10.0 Å². The SMILES string of the molecule is CC(OC(=O)c1ccc(S(C)=O)cc1)C(=O)Nc1cccc(S(N)(=O)=O)c1. The van der Waals surface area contributed by atoms with Crippen LogP contribution in [-0.2, 0) is 30.4 Å². The number of carbonyl (C=O) groups excluding carboxylic acids is 2. The van der Waals surface area contributed by atoms with Gasteiger partial charge in [0.25, 0.3) is 5.91 Å². The Morgan fingerprint density at radius 2 is 1.78 bits per heavy atom. The first kappa shape index (κ1) is 20.7. The van der Waals surface area contributed by atoms with Crippen molar-refractivity contribution in [3.05, 3.63) is 54.1 Å². The number of benzene rings is 2. The number of esters is 1. The summed E-state index contributed by atoms with van der Waals surface area (Å²) in [7, 11) is -5.07. The van der Waals surface area contributed by atoms with E-state index < -0.39 is 38.8 Å². The first-order valence-electron chi connectivity index (χ1n) is 7.66. The van der Waals surface area contributed by atoms with E-state index in [0.29, 0.717) is 4.90 Å². The van der Waals surface area contributed by atoms with Crippen molar-refractivity contribution in [2.75, 3.05) is 11.6 Å². The smallest absolute Gasteiger partial charge is 0.338 e. The minimum absolute atomic E-state index is 0.154. The molecule has 0 aromatic heterocycles. The normalized spacial score (nSPS) is 13.4. The Hall–Kier alpha value is -2.56. The highest BCUT2D eigenvalue weighted by atomic mass is 32.2. The Bertz CT molecular complexity index is 987. The fraction of sp³-hybridized carbons (Fsp3) is 0.176. The molecule has 2 rings (SSSR count). The lowest BCUT2D eigenvalue weighted by Gasteiger charge is -2.14. The molecule has 0 radical (unpaired) electrons. The standard InChI is InChI=1S/C17H18N2O6S2/c1-11(25-17(21)12-6-8-14(9-7-12)26(2)22)16(20)19-13-4-3-5-15(10-13)27(18,23)24/h3-11H,1-2H3,(H,19,20)(H2,18,23,24). The van der Waals surface area contributed by atoms with Crippen molar-refractivity contribution in [2.24, 2.45) is 5.14 Å². The van der Waals surface area contributed by atoms with E-state index in [2.05, 4.69) is 5.32 Å². The zero-order valence-electron chi connectivity index (χ0n) is 14.5. The lowest BCUT2D eigenvalue weighted by atomic mass is 10.2. The van der Waals surface area contributed by atoms with Crippen LogP contribution >= 0.6 is 0 Å². The molecule has 144 valence electrons. The minimum Gasteiger partial charge on any atom is -0.449 e. The molecule has 0 aliphatic heterocycles. The highest BCUT2D eigenvalue weighted by molar-refractivity contribution is 7.89. The summed E-state index contributed by atoms with van der Waals surface area (Å²) >= 11 is 0. The lowest BCUT2D eigenvalue weighted by Crippen LogP contribution is -2.30. The summed E-state index contributed by atoms with van der Waals surface area (Å²) in [6.07, 6.45) is 0.389. The number of sulfonamides is 1. The van der Waals surface area contributed by atoms with Gasteiger partial charge >= 0.3 is 5.97 Å². The van der Waals surface area contributed by atoms with Gasteiger partial charge < -0.3 is 10.1 Å². The van der Waals surface area contributed by atoms with Crippen LogP contribution < -0.4 is 10.5 Å². The lowest BCUT2D eigenvalue weighted by molar-refractivity contribution is -0.123. The number of hydrogen-bond donors (Lipinski definition) is 2. The van der Waals surface area contributed by atoms with Gasteiger partial charge in [0, 0.05) is 27.6 Å². The van der Waals surface area contributed by atoms with Gasteiger partial charge in [0.15, 0.2) is 6.10 Å². The summed E-state index contributed by atoms with van der Waals surface area (Å²) in [6, 6.07) is 11.4. The van der Waals surface area contributed by atoms with Gasteiger partial charge in [-0.25, -0.2) is 18.4 Å². The van der Waals surface area contributed by atoms with Crippen molar-refractivity contribution >= 4 is 38.4 Å². The Morgan fingerprint density at radius 3 is 2.33 bits per heavy atom. The minimum atomic E-state index is -3.90. The van der Waals surface area contributed by atoms with Crippen LogP contribution in [0.2, 0.25) is 0 Å². The Morgan fingerprint density at radius 1 is 1.15 bits per heavy atom. The average Bonchev–Trinajstić information content (AvgIpc) is 2.61. The van der Waals surface area contributed by atoms with E-state index in [4.69, 9.17) is 9.88 Å². The largest absolute Gasteiger partial charge is 0.449 e. The number of carbonyl (C=O) groups is 2. The molecule has 0 aliphatic carbocycles. The summed E-state index contributed by atoms with van der Waals surface area (Å²) in [6.45, 7) is 1.38. The third kappa shape index (κ3) is 5.71. The monoisotopic (exact) mass is 410 g/mol. The topological polar surface area (TPSA) is 133 Å².